The third kappa shape index (κ3) is 5.00. The summed E-state index contributed by atoms with van der Waals surface area (Å²) in [6, 6.07) is 2.51. The van der Waals surface area contributed by atoms with Crippen LogP contribution in [0.15, 0.2) is 16.6 Å². The van der Waals surface area contributed by atoms with Gasteiger partial charge in [0.25, 0.3) is 0 Å². The highest BCUT2D eigenvalue weighted by molar-refractivity contribution is 9.10. The van der Waals surface area contributed by atoms with Gasteiger partial charge in [-0.05, 0) is 38.1 Å². The topological polar surface area (TPSA) is 21.3 Å². The molecule has 2 nitrogen and oxygen atoms in total. The molecule has 0 aromatic heterocycles. The summed E-state index contributed by atoms with van der Waals surface area (Å²) in [5.41, 5.74) is 0. The normalized spacial score (nSPS) is 10.6. The van der Waals surface area contributed by atoms with Gasteiger partial charge in [-0.2, -0.15) is 4.39 Å². The van der Waals surface area contributed by atoms with Crippen LogP contribution in [0.2, 0.25) is 0 Å². The Kier molecular flexibility index (Phi) is 6.44. The SMILES string of the molecule is CCNCCCCOc1cc(Br)cc(F)c1F. The molecule has 1 aromatic rings. The van der Waals surface area contributed by atoms with Crippen molar-refractivity contribution in [2.24, 2.45) is 0 Å². The van der Waals surface area contributed by atoms with Crippen molar-refractivity contribution < 1.29 is 13.5 Å². The van der Waals surface area contributed by atoms with Gasteiger partial charge in [-0.25, -0.2) is 4.39 Å². The maximum absolute atomic E-state index is 13.3. The summed E-state index contributed by atoms with van der Waals surface area (Å²) in [5.74, 6) is -1.87. The fraction of sp³-hybridized carbons (Fsp3) is 0.500. The van der Waals surface area contributed by atoms with Crippen LogP contribution in [0, 0.1) is 11.6 Å². The van der Waals surface area contributed by atoms with Gasteiger partial charge in [0.05, 0.1) is 6.61 Å². The Morgan fingerprint density at radius 2 is 2.06 bits per heavy atom. The van der Waals surface area contributed by atoms with Crippen LogP contribution in [0.3, 0.4) is 0 Å². The van der Waals surface area contributed by atoms with Gasteiger partial charge < -0.3 is 10.1 Å². The van der Waals surface area contributed by atoms with E-state index in [4.69, 9.17) is 4.74 Å². The number of nitrogens with one attached hydrogen (secondary N) is 1. The molecule has 0 heterocycles. The summed E-state index contributed by atoms with van der Waals surface area (Å²) >= 11 is 3.09. The molecule has 0 aliphatic heterocycles. The average Bonchev–Trinajstić information content (AvgIpc) is 2.29. The summed E-state index contributed by atoms with van der Waals surface area (Å²) in [6.45, 7) is 4.27. The maximum atomic E-state index is 13.3. The molecule has 17 heavy (non-hydrogen) atoms. The molecule has 0 atom stereocenters. The fourth-order valence-corrected chi connectivity index (χ4v) is 1.76. The number of unbranched alkanes of at least 4 members (excludes halogenated alkanes) is 1. The number of benzene rings is 1. The zero-order valence-electron chi connectivity index (χ0n) is 9.73. The zero-order valence-corrected chi connectivity index (χ0v) is 11.3. The lowest BCUT2D eigenvalue weighted by Gasteiger charge is -2.08. The molecular formula is C12H16BrF2NO. The second-order valence-electron chi connectivity index (χ2n) is 3.61. The van der Waals surface area contributed by atoms with Crippen LogP contribution in [0.5, 0.6) is 5.75 Å². The molecule has 1 N–H and O–H groups in total. The van der Waals surface area contributed by atoms with Crippen molar-refractivity contribution in [3.8, 4) is 5.75 Å². The van der Waals surface area contributed by atoms with Crippen LogP contribution in [0.25, 0.3) is 0 Å². The van der Waals surface area contributed by atoms with Crippen LogP contribution in [0.1, 0.15) is 19.8 Å². The second kappa shape index (κ2) is 7.61. The van der Waals surface area contributed by atoms with Crippen molar-refractivity contribution in [3.05, 3.63) is 28.2 Å². The van der Waals surface area contributed by atoms with E-state index < -0.39 is 11.6 Å². The molecule has 0 amide bonds. The summed E-state index contributed by atoms with van der Waals surface area (Å²) in [4.78, 5) is 0. The Bertz CT molecular complexity index is 361. The van der Waals surface area contributed by atoms with E-state index in [0.717, 1.165) is 32.0 Å². The lowest BCUT2D eigenvalue weighted by atomic mass is 10.3. The highest BCUT2D eigenvalue weighted by Crippen LogP contribution is 2.25. The Morgan fingerprint density at radius 3 is 2.76 bits per heavy atom. The van der Waals surface area contributed by atoms with Gasteiger partial charge in [0, 0.05) is 4.47 Å². The van der Waals surface area contributed by atoms with E-state index in [-0.39, 0.29) is 5.75 Å². The summed E-state index contributed by atoms with van der Waals surface area (Å²) in [7, 11) is 0. The first-order valence-corrected chi connectivity index (χ1v) is 6.42. The zero-order chi connectivity index (χ0) is 12.7. The largest absolute Gasteiger partial charge is 0.490 e. The van der Waals surface area contributed by atoms with E-state index in [1.807, 2.05) is 6.92 Å². The molecule has 0 spiro atoms. The molecule has 0 unspecified atom stereocenters. The fourth-order valence-electron chi connectivity index (χ4n) is 1.35. The van der Waals surface area contributed by atoms with Crippen molar-refractivity contribution in [1.29, 1.82) is 0 Å². The minimum absolute atomic E-state index is 0.0414. The number of rotatable bonds is 7. The number of ether oxygens (including phenoxy) is 1. The molecule has 0 saturated carbocycles. The van der Waals surface area contributed by atoms with Crippen molar-refractivity contribution in [2.45, 2.75) is 19.8 Å². The molecule has 1 rings (SSSR count). The molecule has 0 saturated heterocycles. The quantitative estimate of drug-likeness (QED) is 0.615. The molecule has 0 radical (unpaired) electrons. The average molecular weight is 308 g/mol. The second-order valence-corrected chi connectivity index (χ2v) is 4.52. The minimum Gasteiger partial charge on any atom is -0.490 e. The monoisotopic (exact) mass is 307 g/mol. The van der Waals surface area contributed by atoms with Gasteiger partial charge in [0.15, 0.2) is 11.6 Å². The standard InChI is InChI=1S/C12H16BrF2NO/c1-2-16-5-3-4-6-17-11-8-9(13)7-10(14)12(11)15/h7-8,16H,2-6H2,1H3. The Labute approximate surface area is 108 Å². The van der Waals surface area contributed by atoms with Crippen molar-refractivity contribution >= 4 is 15.9 Å². The third-order valence-electron chi connectivity index (χ3n) is 2.22. The molecule has 0 aliphatic rings. The van der Waals surface area contributed by atoms with Crippen LogP contribution in [0.4, 0.5) is 8.78 Å². The molecule has 0 aliphatic carbocycles. The van der Waals surface area contributed by atoms with Crippen molar-refractivity contribution in [1.82, 2.24) is 5.32 Å². The van der Waals surface area contributed by atoms with Gasteiger partial charge in [-0.3, -0.25) is 0 Å². The maximum Gasteiger partial charge on any atom is 0.200 e. The van der Waals surface area contributed by atoms with Crippen LogP contribution in [-0.2, 0) is 0 Å². The number of halogens is 3. The van der Waals surface area contributed by atoms with E-state index in [1.54, 1.807) is 0 Å². The number of hydrogen-bond acceptors (Lipinski definition) is 2. The minimum atomic E-state index is -0.931. The predicted octanol–water partition coefficient (Wildman–Crippen LogP) is 3.50. The van der Waals surface area contributed by atoms with Crippen molar-refractivity contribution in [2.75, 3.05) is 19.7 Å². The highest BCUT2D eigenvalue weighted by atomic mass is 79.9. The molecule has 0 bridgehead atoms. The molecule has 5 heteroatoms. The molecule has 1 aromatic carbocycles. The van der Waals surface area contributed by atoms with Gasteiger partial charge in [-0.1, -0.05) is 22.9 Å². The van der Waals surface area contributed by atoms with Gasteiger partial charge in [0.1, 0.15) is 0 Å². The lowest BCUT2D eigenvalue weighted by Crippen LogP contribution is -2.14. The first-order valence-electron chi connectivity index (χ1n) is 5.63. The Hall–Kier alpha value is -0.680. The van der Waals surface area contributed by atoms with E-state index in [2.05, 4.69) is 21.2 Å². The first kappa shape index (κ1) is 14.4. The van der Waals surface area contributed by atoms with Gasteiger partial charge in [0.2, 0.25) is 5.82 Å². The van der Waals surface area contributed by atoms with Crippen molar-refractivity contribution in [3.63, 3.8) is 0 Å². The first-order chi connectivity index (χ1) is 8.15. The lowest BCUT2D eigenvalue weighted by molar-refractivity contribution is 0.286. The van der Waals surface area contributed by atoms with Crippen LogP contribution < -0.4 is 10.1 Å². The molecular weight excluding hydrogens is 292 g/mol. The third-order valence-corrected chi connectivity index (χ3v) is 2.67. The van der Waals surface area contributed by atoms with E-state index >= 15 is 0 Å². The van der Waals surface area contributed by atoms with E-state index in [9.17, 15) is 8.78 Å². The Morgan fingerprint density at radius 1 is 1.29 bits per heavy atom. The predicted molar refractivity (Wildman–Crippen MR) is 67.3 cm³/mol. The van der Waals surface area contributed by atoms with Gasteiger partial charge >= 0.3 is 0 Å². The van der Waals surface area contributed by atoms with E-state index in [0.29, 0.717) is 11.1 Å². The van der Waals surface area contributed by atoms with Gasteiger partial charge in [-0.15, -0.1) is 0 Å². The summed E-state index contributed by atoms with van der Waals surface area (Å²) < 4.78 is 32.0. The van der Waals surface area contributed by atoms with Crippen LogP contribution >= 0.6 is 15.9 Å². The molecule has 0 fully saturated rings. The number of hydrogen-bond donors (Lipinski definition) is 1. The van der Waals surface area contributed by atoms with Crippen LogP contribution in [-0.4, -0.2) is 19.7 Å². The summed E-state index contributed by atoms with van der Waals surface area (Å²) in [5, 5.41) is 3.18. The Balaban J connectivity index is 2.36. The molecule has 96 valence electrons. The van der Waals surface area contributed by atoms with E-state index in [1.165, 1.54) is 6.07 Å². The summed E-state index contributed by atoms with van der Waals surface area (Å²) in [6.07, 6.45) is 1.76. The highest BCUT2D eigenvalue weighted by Gasteiger charge is 2.10. The smallest absolute Gasteiger partial charge is 0.200 e.